The Bertz CT molecular complexity index is 365. The van der Waals surface area contributed by atoms with Crippen LogP contribution < -0.4 is 5.32 Å². The van der Waals surface area contributed by atoms with Crippen molar-refractivity contribution in [2.24, 2.45) is 0 Å². The summed E-state index contributed by atoms with van der Waals surface area (Å²) in [4.78, 5) is 20.5. The Morgan fingerprint density at radius 2 is 2.20 bits per heavy atom. The molecular weight excluding hydrogens is 196 g/mol. The van der Waals surface area contributed by atoms with Crippen LogP contribution in [0.15, 0.2) is 24.3 Å². The van der Waals surface area contributed by atoms with Crippen molar-refractivity contribution in [2.75, 3.05) is 5.32 Å². The van der Waals surface area contributed by atoms with Gasteiger partial charge < -0.3 is 10.1 Å². The molecular formula is C10H12N2O3. The Morgan fingerprint density at radius 1 is 1.53 bits per heavy atom. The van der Waals surface area contributed by atoms with Gasteiger partial charge in [-0.05, 0) is 13.0 Å². The third-order valence-corrected chi connectivity index (χ3v) is 1.95. The van der Waals surface area contributed by atoms with Gasteiger partial charge in [0.2, 0.25) is 0 Å². The highest BCUT2D eigenvalue weighted by molar-refractivity contribution is 5.62. The molecule has 5 heteroatoms. The van der Waals surface area contributed by atoms with Crippen molar-refractivity contribution in [3.8, 4) is 0 Å². The van der Waals surface area contributed by atoms with Gasteiger partial charge in [-0.2, -0.15) is 0 Å². The molecule has 1 aromatic rings. The highest BCUT2D eigenvalue weighted by atomic mass is 16.6. The predicted molar refractivity (Wildman–Crippen MR) is 56.9 cm³/mol. The van der Waals surface area contributed by atoms with Crippen LogP contribution in [0.5, 0.6) is 0 Å². The smallest absolute Gasteiger partial charge is 0.292 e. The van der Waals surface area contributed by atoms with Gasteiger partial charge in [0.15, 0.2) is 0 Å². The van der Waals surface area contributed by atoms with Gasteiger partial charge in [0.05, 0.1) is 4.92 Å². The minimum atomic E-state index is -0.448. The van der Waals surface area contributed by atoms with Gasteiger partial charge in [-0.15, -0.1) is 0 Å². The van der Waals surface area contributed by atoms with Gasteiger partial charge in [0, 0.05) is 18.5 Å². The molecule has 0 fully saturated rings. The van der Waals surface area contributed by atoms with Gasteiger partial charge >= 0.3 is 0 Å². The molecule has 0 bridgehead atoms. The zero-order valence-electron chi connectivity index (χ0n) is 8.34. The lowest BCUT2D eigenvalue weighted by atomic mass is 10.2. The van der Waals surface area contributed by atoms with Crippen LogP contribution in [0.3, 0.4) is 0 Å². The lowest BCUT2D eigenvalue weighted by molar-refractivity contribution is -0.384. The van der Waals surface area contributed by atoms with Crippen LogP contribution in [-0.4, -0.2) is 17.3 Å². The molecule has 0 saturated heterocycles. The van der Waals surface area contributed by atoms with E-state index in [9.17, 15) is 14.9 Å². The number of para-hydroxylation sites is 2. The fraction of sp³-hybridized carbons (Fsp3) is 0.300. The first-order valence-electron chi connectivity index (χ1n) is 4.58. The maximum Gasteiger partial charge on any atom is 0.292 e. The molecule has 0 aromatic heterocycles. The molecule has 0 radical (unpaired) electrons. The van der Waals surface area contributed by atoms with Crippen molar-refractivity contribution >= 4 is 17.7 Å². The number of nitrogens with one attached hydrogen (secondary N) is 1. The Labute approximate surface area is 87.3 Å². The third kappa shape index (κ3) is 3.05. The quantitative estimate of drug-likeness (QED) is 0.456. The Morgan fingerprint density at radius 3 is 2.80 bits per heavy atom. The van der Waals surface area contributed by atoms with Gasteiger partial charge in [0.25, 0.3) is 5.69 Å². The summed E-state index contributed by atoms with van der Waals surface area (Å²) >= 11 is 0. The van der Waals surface area contributed by atoms with Gasteiger partial charge in [-0.3, -0.25) is 10.1 Å². The molecule has 1 rings (SSSR count). The van der Waals surface area contributed by atoms with E-state index >= 15 is 0 Å². The second-order valence-corrected chi connectivity index (χ2v) is 3.22. The maximum absolute atomic E-state index is 10.7. The Balaban J connectivity index is 2.84. The second-order valence-electron chi connectivity index (χ2n) is 3.22. The number of carbonyl (C=O) groups is 1. The summed E-state index contributed by atoms with van der Waals surface area (Å²) in [7, 11) is 0. The minimum Gasteiger partial charge on any atom is -0.377 e. The van der Waals surface area contributed by atoms with Crippen LogP contribution in [0.1, 0.15) is 13.3 Å². The Hall–Kier alpha value is -1.91. The number of rotatable bonds is 5. The first kappa shape index (κ1) is 11.2. The number of nitro groups is 1. The standard InChI is InChI=1S/C10H12N2O3/c1-8(6-7-13)11-9-4-2-3-5-10(9)12(14)15/h2-5,7-8,11H,6H2,1H3. The molecule has 0 aliphatic rings. The molecule has 0 saturated carbocycles. The van der Waals surface area contributed by atoms with Crippen molar-refractivity contribution < 1.29 is 9.72 Å². The summed E-state index contributed by atoms with van der Waals surface area (Å²) < 4.78 is 0. The molecule has 1 unspecified atom stereocenters. The van der Waals surface area contributed by atoms with Crippen molar-refractivity contribution in [1.82, 2.24) is 0 Å². The summed E-state index contributed by atoms with van der Waals surface area (Å²) in [5.41, 5.74) is 0.465. The minimum absolute atomic E-state index is 0.0234. The molecule has 0 aliphatic heterocycles. The van der Waals surface area contributed by atoms with E-state index in [1.165, 1.54) is 6.07 Å². The third-order valence-electron chi connectivity index (χ3n) is 1.95. The predicted octanol–water partition coefficient (Wildman–Crippen LogP) is 1.98. The van der Waals surface area contributed by atoms with E-state index in [2.05, 4.69) is 5.32 Å². The van der Waals surface area contributed by atoms with Crippen LogP contribution >= 0.6 is 0 Å². The molecule has 0 aliphatic carbocycles. The van der Waals surface area contributed by atoms with Crippen LogP contribution in [-0.2, 0) is 4.79 Å². The SMILES string of the molecule is CC(CC=O)Nc1ccccc1[N+](=O)[O-]. The van der Waals surface area contributed by atoms with Crippen molar-refractivity contribution in [3.05, 3.63) is 34.4 Å². The molecule has 1 aromatic carbocycles. The molecule has 15 heavy (non-hydrogen) atoms. The van der Waals surface area contributed by atoms with E-state index < -0.39 is 4.92 Å². The number of nitro benzene ring substituents is 1. The molecule has 0 spiro atoms. The van der Waals surface area contributed by atoms with Crippen molar-refractivity contribution in [1.29, 1.82) is 0 Å². The lowest BCUT2D eigenvalue weighted by Crippen LogP contribution is -2.16. The number of anilines is 1. The van der Waals surface area contributed by atoms with E-state index in [1.807, 2.05) is 0 Å². The van der Waals surface area contributed by atoms with Crippen LogP contribution in [0, 0.1) is 10.1 Å². The summed E-state index contributed by atoms with van der Waals surface area (Å²) in [5, 5.41) is 13.6. The van der Waals surface area contributed by atoms with Crippen molar-refractivity contribution in [2.45, 2.75) is 19.4 Å². The van der Waals surface area contributed by atoms with Crippen molar-refractivity contribution in [3.63, 3.8) is 0 Å². The number of nitrogens with zero attached hydrogens (tertiary/aromatic N) is 1. The zero-order valence-corrected chi connectivity index (χ0v) is 8.34. The zero-order chi connectivity index (χ0) is 11.3. The van der Waals surface area contributed by atoms with E-state index in [0.717, 1.165) is 6.29 Å². The van der Waals surface area contributed by atoms with Gasteiger partial charge in [-0.25, -0.2) is 0 Å². The summed E-state index contributed by atoms with van der Waals surface area (Å²) in [6.07, 6.45) is 1.11. The summed E-state index contributed by atoms with van der Waals surface area (Å²) in [5.74, 6) is 0. The fourth-order valence-corrected chi connectivity index (χ4v) is 1.22. The van der Waals surface area contributed by atoms with E-state index in [4.69, 9.17) is 0 Å². The maximum atomic E-state index is 10.7. The molecule has 80 valence electrons. The molecule has 1 atom stereocenters. The largest absolute Gasteiger partial charge is 0.377 e. The van der Waals surface area contributed by atoms with E-state index in [0.29, 0.717) is 12.1 Å². The normalized spacial score (nSPS) is 11.8. The van der Waals surface area contributed by atoms with Gasteiger partial charge in [-0.1, -0.05) is 12.1 Å². The molecule has 0 amide bonds. The lowest BCUT2D eigenvalue weighted by Gasteiger charge is -2.11. The highest BCUT2D eigenvalue weighted by Crippen LogP contribution is 2.23. The van der Waals surface area contributed by atoms with Gasteiger partial charge in [0.1, 0.15) is 12.0 Å². The molecule has 1 N–H and O–H groups in total. The number of hydrogen-bond donors (Lipinski definition) is 1. The summed E-state index contributed by atoms with van der Waals surface area (Å²) in [6, 6.07) is 6.26. The van der Waals surface area contributed by atoms with Crippen LogP contribution in [0.4, 0.5) is 11.4 Å². The highest BCUT2D eigenvalue weighted by Gasteiger charge is 2.13. The first-order chi connectivity index (χ1) is 7.15. The first-order valence-corrected chi connectivity index (χ1v) is 4.58. The van der Waals surface area contributed by atoms with Crippen LogP contribution in [0.2, 0.25) is 0 Å². The number of carbonyl (C=O) groups excluding carboxylic acids is 1. The molecule has 0 heterocycles. The average Bonchev–Trinajstić information content (AvgIpc) is 2.18. The average molecular weight is 208 g/mol. The topological polar surface area (TPSA) is 72.2 Å². The van der Waals surface area contributed by atoms with E-state index in [1.54, 1.807) is 25.1 Å². The van der Waals surface area contributed by atoms with E-state index in [-0.39, 0.29) is 11.7 Å². The fourth-order valence-electron chi connectivity index (χ4n) is 1.22. The Kier molecular flexibility index (Phi) is 3.79. The summed E-state index contributed by atoms with van der Waals surface area (Å²) in [6.45, 7) is 1.80. The molecule has 5 nitrogen and oxygen atoms in total. The second kappa shape index (κ2) is 5.09. The number of aldehydes is 1. The number of benzene rings is 1. The monoisotopic (exact) mass is 208 g/mol. The van der Waals surface area contributed by atoms with Crippen LogP contribution in [0.25, 0.3) is 0 Å². The number of hydrogen-bond acceptors (Lipinski definition) is 4.